The number of hydrogen-bond donors (Lipinski definition) is 3. The molecule has 0 saturated heterocycles. The van der Waals surface area contributed by atoms with E-state index < -0.39 is 17.5 Å². The minimum atomic E-state index is -0.662. The highest BCUT2D eigenvalue weighted by Crippen LogP contribution is 2.29. The Kier molecular flexibility index (Phi) is 4.39. The molecule has 0 bridgehead atoms. The van der Waals surface area contributed by atoms with Gasteiger partial charge in [0.15, 0.2) is 16.5 Å². The SMILES string of the molecule is O=C(NCc1cccc2ccccc12)c1nc(-c2nccs2)nc(O)c1O. The molecule has 7 nitrogen and oxygen atoms in total. The zero-order valence-corrected chi connectivity index (χ0v) is 14.8. The molecule has 134 valence electrons. The maximum absolute atomic E-state index is 12.6. The number of fused-ring (bicyclic) bond motifs is 1. The summed E-state index contributed by atoms with van der Waals surface area (Å²) in [5.74, 6) is -1.86. The molecule has 27 heavy (non-hydrogen) atoms. The molecule has 0 atom stereocenters. The molecule has 0 aliphatic rings. The van der Waals surface area contributed by atoms with Gasteiger partial charge in [-0.1, -0.05) is 42.5 Å². The van der Waals surface area contributed by atoms with Gasteiger partial charge in [0, 0.05) is 18.1 Å². The van der Waals surface area contributed by atoms with Crippen molar-refractivity contribution < 1.29 is 15.0 Å². The van der Waals surface area contributed by atoms with Gasteiger partial charge in [-0.3, -0.25) is 4.79 Å². The Balaban J connectivity index is 1.61. The van der Waals surface area contributed by atoms with E-state index >= 15 is 0 Å². The lowest BCUT2D eigenvalue weighted by atomic mass is 10.0. The quantitative estimate of drug-likeness (QED) is 0.504. The fourth-order valence-corrected chi connectivity index (χ4v) is 3.31. The zero-order chi connectivity index (χ0) is 18.8. The van der Waals surface area contributed by atoms with Crippen LogP contribution >= 0.6 is 11.3 Å². The first-order chi connectivity index (χ1) is 13.1. The summed E-state index contributed by atoms with van der Waals surface area (Å²) in [7, 11) is 0. The fraction of sp³-hybridized carbons (Fsp3) is 0.0526. The molecule has 2 aromatic carbocycles. The zero-order valence-electron chi connectivity index (χ0n) is 14.0. The van der Waals surface area contributed by atoms with Crippen molar-refractivity contribution in [1.82, 2.24) is 20.3 Å². The second-order valence-electron chi connectivity index (χ2n) is 5.73. The number of benzene rings is 2. The Labute approximate surface area is 158 Å². The topological polar surface area (TPSA) is 108 Å². The first kappa shape index (κ1) is 16.9. The monoisotopic (exact) mass is 378 g/mol. The van der Waals surface area contributed by atoms with Gasteiger partial charge in [-0.05, 0) is 16.3 Å². The molecule has 3 N–H and O–H groups in total. The van der Waals surface area contributed by atoms with Crippen molar-refractivity contribution in [3.63, 3.8) is 0 Å². The Morgan fingerprint density at radius 1 is 1.07 bits per heavy atom. The van der Waals surface area contributed by atoms with Crippen molar-refractivity contribution in [2.75, 3.05) is 0 Å². The van der Waals surface area contributed by atoms with Crippen LogP contribution in [0.4, 0.5) is 0 Å². The number of aromatic hydroxyl groups is 2. The van der Waals surface area contributed by atoms with E-state index in [4.69, 9.17) is 0 Å². The van der Waals surface area contributed by atoms with Crippen LogP contribution in [0.2, 0.25) is 0 Å². The summed E-state index contributed by atoms with van der Waals surface area (Å²) < 4.78 is 0. The second kappa shape index (κ2) is 7.00. The van der Waals surface area contributed by atoms with Crippen molar-refractivity contribution in [3.8, 4) is 22.5 Å². The van der Waals surface area contributed by atoms with Crippen LogP contribution in [0.3, 0.4) is 0 Å². The van der Waals surface area contributed by atoms with Gasteiger partial charge in [-0.2, -0.15) is 4.98 Å². The lowest BCUT2D eigenvalue weighted by Crippen LogP contribution is -2.24. The van der Waals surface area contributed by atoms with Crippen LogP contribution in [-0.2, 0) is 6.54 Å². The van der Waals surface area contributed by atoms with Crippen LogP contribution in [0.5, 0.6) is 11.6 Å². The molecule has 0 aliphatic carbocycles. The average molecular weight is 378 g/mol. The predicted molar refractivity (Wildman–Crippen MR) is 102 cm³/mol. The van der Waals surface area contributed by atoms with Crippen molar-refractivity contribution in [1.29, 1.82) is 0 Å². The number of aromatic nitrogens is 3. The van der Waals surface area contributed by atoms with E-state index in [0.717, 1.165) is 16.3 Å². The second-order valence-corrected chi connectivity index (χ2v) is 6.62. The highest BCUT2D eigenvalue weighted by molar-refractivity contribution is 7.13. The molecule has 0 saturated carbocycles. The summed E-state index contributed by atoms with van der Waals surface area (Å²) in [6.45, 7) is 0.247. The third-order valence-corrected chi connectivity index (χ3v) is 4.79. The first-order valence-electron chi connectivity index (χ1n) is 8.08. The lowest BCUT2D eigenvalue weighted by molar-refractivity contribution is 0.0942. The van der Waals surface area contributed by atoms with Gasteiger partial charge < -0.3 is 15.5 Å². The van der Waals surface area contributed by atoms with Crippen LogP contribution in [0.25, 0.3) is 21.6 Å². The number of carbonyl (C=O) groups is 1. The minimum absolute atomic E-state index is 0.0793. The summed E-state index contributed by atoms with van der Waals surface area (Å²) in [6.07, 6.45) is 1.56. The van der Waals surface area contributed by atoms with E-state index in [-0.39, 0.29) is 18.1 Å². The van der Waals surface area contributed by atoms with Crippen molar-refractivity contribution >= 4 is 28.0 Å². The van der Waals surface area contributed by atoms with E-state index in [9.17, 15) is 15.0 Å². The Bertz CT molecular complexity index is 1120. The van der Waals surface area contributed by atoms with Gasteiger partial charge in [0.2, 0.25) is 5.75 Å². The Morgan fingerprint density at radius 2 is 1.89 bits per heavy atom. The van der Waals surface area contributed by atoms with Gasteiger partial charge in [-0.15, -0.1) is 11.3 Å². The number of amides is 1. The highest BCUT2D eigenvalue weighted by Gasteiger charge is 2.21. The average Bonchev–Trinajstić information content (AvgIpc) is 3.23. The molecule has 0 spiro atoms. The van der Waals surface area contributed by atoms with Crippen molar-refractivity contribution in [2.24, 2.45) is 0 Å². The van der Waals surface area contributed by atoms with E-state index in [0.29, 0.717) is 5.01 Å². The Hall–Kier alpha value is -3.52. The van der Waals surface area contributed by atoms with E-state index in [1.165, 1.54) is 11.3 Å². The molecule has 8 heteroatoms. The van der Waals surface area contributed by atoms with E-state index in [2.05, 4.69) is 20.3 Å². The first-order valence-corrected chi connectivity index (χ1v) is 8.96. The molecule has 0 aliphatic heterocycles. The normalized spacial score (nSPS) is 10.8. The molecule has 0 unspecified atom stereocenters. The van der Waals surface area contributed by atoms with Crippen molar-refractivity contribution in [3.05, 3.63) is 65.3 Å². The molecular formula is C19H14N4O3S. The third-order valence-electron chi connectivity index (χ3n) is 4.02. The molecule has 2 heterocycles. The van der Waals surface area contributed by atoms with Gasteiger partial charge in [0.05, 0.1) is 0 Å². The van der Waals surface area contributed by atoms with Crippen LogP contribution in [0.1, 0.15) is 16.1 Å². The predicted octanol–water partition coefficient (Wildman–Crippen LogP) is 3.09. The smallest absolute Gasteiger partial charge is 0.274 e. The van der Waals surface area contributed by atoms with E-state index in [1.807, 2.05) is 42.5 Å². The van der Waals surface area contributed by atoms with Crippen LogP contribution in [0, 0.1) is 0 Å². The summed E-state index contributed by atoms with van der Waals surface area (Å²) >= 11 is 1.26. The van der Waals surface area contributed by atoms with Crippen LogP contribution < -0.4 is 5.32 Å². The van der Waals surface area contributed by atoms with Crippen LogP contribution in [-0.4, -0.2) is 31.1 Å². The maximum Gasteiger partial charge on any atom is 0.274 e. The number of nitrogens with zero attached hydrogens (tertiary/aromatic N) is 3. The number of rotatable bonds is 4. The number of carbonyl (C=O) groups excluding carboxylic acids is 1. The van der Waals surface area contributed by atoms with E-state index in [1.54, 1.807) is 11.6 Å². The number of thiazole rings is 1. The van der Waals surface area contributed by atoms with Gasteiger partial charge in [0.25, 0.3) is 11.8 Å². The summed E-state index contributed by atoms with van der Waals surface area (Å²) in [5.41, 5.74) is 0.632. The molecular weight excluding hydrogens is 364 g/mol. The molecule has 4 rings (SSSR count). The minimum Gasteiger partial charge on any atom is -0.501 e. The number of nitrogens with one attached hydrogen (secondary N) is 1. The third kappa shape index (κ3) is 3.30. The van der Waals surface area contributed by atoms with Gasteiger partial charge in [-0.25, -0.2) is 9.97 Å². The Morgan fingerprint density at radius 3 is 2.70 bits per heavy atom. The van der Waals surface area contributed by atoms with Gasteiger partial charge in [0.1, 0.15) is 0 Å². The largest absolute Gasteiger partial charge is 0.501 e. The van der Waals surface area contributed by atoms with Crippen molar-refractivity contribution in [2.45, 2.75) is 6.54 Å². The van der Waals surface area contributed by atoms with Gasteiger partial charge >= 0.3 is 0 Å². The molecule has 1 amide bonds. The maximum atomic E-state index is 12.6. The molecule has 0 fully saturated rings. The number of hydrogen-bond acceptors (Lipinski definition) is 7. The summed E-state index contributed by atoms with van der Waals surface area (Å²) in [4.78, 5) is 24.5. The fourth-order valence-electron chi connectivity index (χ4n) is 2.74. The highest BCUT2D eigenvalue weighted by atomic mass is 32.1. The summed E-state index contributed by atoms with van der Waals surface area (Å²) in [6, 6.07) is 13.7. The molecule has 2 aromatic heterocycles. The summed E-state index contributed by atoms with van der Waals surface area (Å²) in [5, 5.41) is 26.8. The molecule has 4 aromatic rings. The lowest BCUT2D eigenvalue weighted by Gasteiger charge is -2.10. The standard InChI is InChI=1S/C19H14N4O3S/c24-15-14(22-16(23-18(15)26)19-20-8-9-27-19)17(25)21-10-12-6-3-5-11-4-1-2-7-13(11)12/h1-9,24H,10H2,(H,21,25)(H,22,23,26). The van der Waals surface area contributed by atoms with Crippen LogP contribution in [0.15, 0.2) is 54.0 Å². The molecule has 0 radical (unpaired) electrons.